The molecule has 1 N–H and O–H groups in total. The topological polar surface area (TPSA) is 97.3 Å². The van der Waals surface area contributed by atoms with Crippen molar-refractivity contribution in [3.8, 4) is 11.5 Å². The Hall–Kier alpha value is -3.66. The van der Waals surface area contributed by atoms with Crippen molar-refractivity contribution in [1.29, 1.82) is 0 Å². The van der Waals surface area contributed by atoms with E-state index in [1.54, 1.807) is 60.7 Å². The molecule has 0 aliphatic rings. The molecule has 3 rings (SSSR count). The number of hydrogen-bond donors (Lipinski definition) is 1. The molecule has 0 saturated carbocycles. The molecule has 1 amide bonds. The number of hydrogen-bond acceptors (Lipinski definition) is 6. The van der Waals surface area contributed by atoms with E-state index in [1.165, 1.54) is 25.5 Å². The second-order valence-corrected chi connectivity index (χ2v) is 10.3. The van der Waals surface area contributed by atoms with Gasteiger partial charge in [0, 0.05) is 11.6 Å². The number of aryl methyl sites for hydroxylation is 1. The fourth-order valence-corrected chi connectivity index (χ4v) is 4.88. The zero-order valence-electron chi connectivity index (χ0n) is 20.6. The van der Waals surface area contributed by atoms with E-state index in [4.69, 9.17) is 21.1 Å². The molecule has 0 radical (unpaired) electrons. The van der Waals surface area contributed by atoms with Crippen molar-refractivity contribution < 1.29 is 22.7 Å². The van der Waals surface area contributed by atoms with Gasteiger partial charge in [-0.1, -0.05) is 60.2 Å². The number of carbonyl (C=O) groups excluding carboxylic acids is 1. The molecular weight excluding hydrogens is 514 g/mol. The SMILES string of the molecule is C=CCOc1ccc(/C=N\NC(=O)CN(Cc2ccccc2Cl)S(=O)(=O)c2ccc(C)cc2)cc1OC. The molecular formula is C27H28ClN3O5S. The average Bonchev–Trinajstić information content (AvgIpc) is 2.88. The largest absolute Gasteiger partial charge is 0.493 e. The summed E-state index contributed by atoms with van der Waals surface area (Å²) in [5.74, 6) is 0.421. The van der Waals surface area contributed by atoms with E-state index in [9.17, 15) is 13.2 Å². The van der Waals surface area contributed by atoms with Gasteiger partial charge in [0.1, 0.15) is 6.61 Å². The predicted molar refractivity (Wildman–Crippen MR) is 145 cm³/mol. The lowest BCUT2D eigenvalue weighted by Gasteiger charge is -2.22. The molecule has 10 heteroatoms. The highest BCUT2D eigenvalue weighted by atomic mass is 35.5. The van der Waals surface area contributed by atoms with Crippen LogP contribution >= 0.6 is 11.6 Å². The third-order valence-corrected chi connectivity index (χ3v) is 7.41. The summed E-state index contributed by atoms with van der Waals surface area (Å²) in [5.41, 5.74) is 4.52. The third kappa shape index (κ3) is 7.66. The molecule has 0 heterocycles. The Morgan fingerprint density at radius 3 is 2.51 bits per heavy atom. The minimum Gasteiger partial charge on any atom is -0.493 e. The highest BCUT2D eigenvalue weighted by Crippen LogP contribution is 2.27. The van der Waals surface area contributed by atoms with Gasteiger partial charge in [-0.15, -0.1) is 0 Å². The fourth-order valence-electron chi connectivity index (χ4n) is 3.31. The van der Waals surface area contributed by atoms with Crippen LogP contribution in [0.5, 0.6) is 11.5 Å². The highest BCUT2D eigenvalue weighted by Gasteiger charge is 2.27. The molecule has 0 atom stereocenters. The van der Waals surface area contributed by atoms with Crippen molar-refractivity contribution in [1.82, 2.24) is 9.73 Å². The first-order valence-corrected chi connectivity index (χ1v) is 13.1. The van der Waals surface area contributed by atoms with Gasteiger partial charge in [-0.3, -0.25) is 4.79 Å². The number of nitrogens with zero attached hydrogens (tertiary/aromatic N) is 2. The Kier molecular flexibility index (Phi) is 9.85. The molecule has 0 saturated heterocycles. The van der Waals surface area contributed by atoms with Crippen molar-refractivity contribution in [2.24, 2.45) is 5.10 Å². The number of methoxy groups -OCH3 is 1. The van der Waals surface area contributed by atoms with Crippen molar-refractivity contribution in [3.05, 3.63) is 101 Å². The summed E-state index contributed by atoms with van der Waals surface area (Å²) in [6, 6.07) is 18.5. The first-order valence-electron chi connectivity index (χ1n) is 11.3. The van der Waals surface area contributed by atoms with Crippen LogP contribution in [0.2, 0.25) is 5.02 Å². The first-order chi connectivity index (χ1) is 17.7. The number of nitrogens with one attached hydrogen (secondary N) is 1. The molecule has 0 bridgehead atoms. The number of rotatable bonds is 12. The van der Waals surface area contributed by atoms with Crippen LogP contribution in [0.4, 0.5) is 0 Å². The molecule has 0 unspecified atom stereocenters. The van der Waals surface area contributed by atoms with Gasteiger partial charge in [0.2, 0.25) is 10.0 Å². The third-order valence-electron chi connectivity index (χ3n) is 5.23. The van der Waals surface area contributed by atoms with Gasteiger partial charge in [-0.25, -0.2) is 13.8 Å². The number of ether oxygens (including phenoxy) is 2. The van der Waals surface area contributed by atoms with E-state index in [1.807, 2.05) is 6.92 Å². The summed E-state index contributed by atoms with van der Waals surface area (Å²) < 4.78 is 38.7. The molecule has 0 aliphatic carbocycles. The van der Waals surface area contributed by atoms with Crippen LogP contribution in [-0.2, 0) is 21.4 Å². The van der Waals surface area contributed by atoms with E-state index in [0.717, 1.165) is 9.87 Å². The lowest BCUT2D eigenvalue weighted by atomic mass is 10.2. The number of hydrazone groups is 1. The number of carbonyl (C=O) groups is 1. The van der Waals surface area contributed by atoms with Gasteiger partial charge < -0.3 is 9.47 Å². The molecule has 37 heavy (non-hydrogen) atoms. The van der Waals surface area contributed by atoms with Crippen LogP contribution in [0.3, 0.4) is 0 Å². The van der Waals surface area contributed by atoms with Crippen LogP contribution in [0.25, 0.3) is 0 Å². The van der Waals surface area contributed by atoms with Gasteiger partial charge in [-0.05, 0) is 54.4 Å². The number of sulfonamides is 1. The quantitative estimate of drug-likeness (QED) is 0.206. The maximum Gasteiger partial charge on any atom is 0.255 e. The summed E-state index contributed by atoms with van der Waals surface area (Å²) in [4.78, 5) is 12.8. The molecule has 0 aliphatic heterocycles. The van der Waals surface area contributed by atoms with Crippen molar-refractivity contribution in [2.75, 3.05) is 20.3 Å². The number of amides is 1. The smallest absolute Gasteiger partial charge is 0.255 e. The normalized spacial score (nSPS) is 11.5. The average molecular weight is 542 g/mol. The zero-order chi connectivity index (χ0) is 26.8. The standard InChI is InChI=1S/C27H28ClN3O5S/c1-4-15-36-25-14-11-21(16-26(25)35-3)17-29-30-27(32)19-31(18-22-7-5-6-8-24(22)28)37(33,34)23-12-9-20(2)10-13-23/h4-14,16-17H,1,15,18-19H2,2-3H3,(H,30,32)/b29-17-. The molecule has 0 fully saturated rings. The Morgan fingerprint density at radius 1 is 1.11 bits per heavy atom. The lowest BCUT2D eigenvalue weighted by Crippen LogP contribution is -2.39. The van der Waals surface area contributed by atoms with E-state index < -0.39 is 22.5 Å². The molecule has 0 aromatic heterocycles. The van der Waals surface area contributed by atoms with Gasteiger partial charge in [0.15, 0.2) is 11.5 Å². The zero-order valence-corrected chi connectivity index (χ0v) is 22.1. The van der Waals surface area contributed by atoms with E-state index in [0.29, 0.717) is 34.3 Å². The van der Waals surface area contributed by atoms with Crippen LogP contribution < -0.4 is 14.9 Å². The first kappa shape index (κ1) is 27.9. The van der Waals surface area contributed by atoms with E-state index in [-0.39, 0.29) is 11.4 Å². The van der Waals surface area contributed by atoms with Crippen molar-refractivity contribution in [3.63, 3.8) is 0 Å². The molecule has 3 aromatic rings. The Labute approximate surface area is 222 Å². The number of halogens is 1. The minimum absolute atomic E-state index is 0.0762. The molecule has 194 valence electrons. The minimum atomic E-state index is -4.00. The van der Waals surface area contributed by atoms with Crippen LogP contribution in [-0.4, -0.2) is 45.1 Å². The summed E-state index contributed by atoms with van der Waals surface area (Å²) in [7, 11) is -2.49. The fraction of sp³-hybridized carbons (Fsp3) is 0.185. The van der Waals surface area contributed by atoms with Gasteiger partial charge in [-0.2, -0.15) is 9.41 Å². The number of benzene rings is 3. The van der Waals surface area contributed by atoms with E-state index >= 15 is 0 Å². The van der Waals surface area contributed by atoms with Crippen molar-refractivity contribution >= 4 is 33.7 Å². The van der Waals surface area contributed by atoms with E-state index in [2.05, 4.69) is 17.1 Å². The Balaban J connectivity index is 1.76. The maximum absolute atomic E-state index is 13.4. The summed E-state index contributed by atoms with van der Waals surface area (Å²) in [5, 5.41) is 4.37. The Bertz CT molecular complexity index is 1380. The Morgan fingerprint density at radius 2 is 1.84 bits per heavy atom. The summed E-state index contributed by atoms with van der Waals surface area (Å²) in [6.07, 6.45) is 3.04. The molecule has 3 aromatic carbocycles. The lowest BCUT2D eigenvalue weighted by molar-refractivity contribution is -0.121. The van der Waals surface area contributed by atoms with Crippen LogP contribution in [0.15, 0.2) is 89.4 Å². The van der Waals surface area contributed by atoms with Crippen LogP contribution in [0.1, 0.15) is 16.7 Å². The van der Waals surface area contributed by atoms with Crippen molar-refractivity contribution in [2.45, 2.75) is 18.4 Å². The molecule has 0 spiro atoms. The van der Waals surface area contributed by atoms with Gasteiger partial charge >= 0.3 is 0 Å². The second-order valence-electron chi connectivity index (χ2n) is 7.98. The predicted octanol–water partition coefficient (Wildman–Crippen LogP) is 4.56. The summed E-state index contributed by atoms with van der Waals surface area (Å²) >= 11 is 6.27. The summed E-state index contributed by atoms with van der Waals surface area (Å²) in [6.45, 7) is 5.26. The second kappa shape index (κ2) is 13.0. The van der Waals surface area contributed by atoms with Crippen LogP contribution in [0, 0.1) is 6.92 Å². The van der Waals surface area contributed by atoms with Gasteiger partial charge in [0.05, 0.1) is 24.8 Å². The highest BCUT2D eigenvalue weighted by molar-refractivity contribution is 7.89. The molecule has 8 nitrogen and oxygen atoms in total. The van der Waals surface area contributed by atoms with Gasteiger partial charge in [0.25, 0.3) is 5.91 Å². The maximum atomic E-state index is 13.4. The monoisotopic (exact) mass is 541 g/mol.